The van der Waals surface area contributed by atoms with Crippen molar-refractivity contribution < 1.29 is 23.8 Å². The number of methoxy groups -OCH3 is 1. The summed E-state index contributed by atoms with van der Waals surface area (Å²) in [6.45, 7) is 1.53. The molecule has 1 aliphatic rings. The van der Waals surface area contributed by atoms with Crippen LogP contribution >= 0.6 is 0 Å². The number of nitro groups is 2. The first-order valence-electron chi connectivity index (χ1n) is 9.33. The molecule has 12 heteroatoms. The van der Waals surface area contributed by atoms with Crippen molar-refractivity contribution in [3.63, 3.8) is 0 Å². The minimum Gasteiger partial charge on any atom is -0.468 e. The minimum absolute atomic E-state index is 0.0167. The molecule has 1 N–H and O–H groups in total. The Balaban J connectivity index is 1.86. The number of carbonyl (C=O) groups is 1. The molecule has 0 amide bonds. The topological polar surface area (TPSA) is 131 Å². The summed E-state index contributed by atoms with van der Waals surface area (Å²) >= 11 is 0. The van der Waals surface area contributed by atoms with Crippen molar-refractivity contribution in [2.75, 3.05) is 55.0 Å². The molecule has 1 aliphatic heterocycles. The first kappa shape index (κ1) is 21.7. The van der Waals surface area contributed by atoms with E-state index in [-0.39, 0.29) is 23.7 Å². The van der Waals surface area contributed by atoms with Gasteiger partial charge in [-0.15, -0.1) is 0 Å². The third kappa shape index (κ3) is 4.97. The number of nitrogens with zero attached hydrogens (tertiary/aromatic N) is 4. The van der Waals surface area contributed by atoms with Crippen molar-refractivity contribution in [3.8, 4) is 0 Å². The lowest BCUT2D eigenvalue weighted by Gasteiger charge is -2.37. The van der Waals surface area contributed by atoms with Gasteiger partial charge in [-0.25, -0.2) is 4.39 Å². The summed E-state index contributed by atoms with van der Waals surface area (Å²) in [7, 11) is 1.18. The first-order valence-corrected chi connectivity index (χ1v) is 9.33. The fraction of sp³-hybridized carbons (Fsp3) is 0.316. The van der Waals surface area contributed by atoms with Crippen LogP contribution in [0.2, 0.25) is 0 Å². The Labute approximate surface area is 176 Å². The van der Waals surface area contributed by atoms with Gasteiger partial charge in [0.15, 0.2) is 0 Å². The number of hydrogen-bond acceptors (Lipinski definition) is 9. The highest BCUT2D eigenvalue weighted by Crippen LogP contribution is 2.38. The summed E-state index contributed by atoms with van der Waals surface area (Å²) in [5.74, 6) is -0.974. The molecule has 1 fully saturated rings. The van der Waals surface area contributed by atoms with E-state index in [2.05, 4.69) is 10.1 Å². The van der Waals surface area contributed by atoms with E-state index in [9.17, 15) is 29.4 Å². The van der Waals surface area contributed by atoms with Crippen LogP contribution in [0.1, 0.15) is 0 Å². The van der Waals surface area contributed by atoms with Crippen LogP contribution in [-0.4, -0.2) is 55.6 Å². The van der Waals surface area contributed by atoms with Gasteiger partial charge in [-0.05, 0) is 30.3 Å². The van der Waals surface area contributed by atoms with Crippen LogP contribution in [0.25, 0.3) is 0 Å². The number of benzene rings is 2. The summed E-state index contributed by atoms with van der Waals surface area (Å²) < 4.78 is 17.7. The van der Waals surface area contributed by atoms with Crippen molar-refractivity contribution in [1.82, 2.24) is 0 Å². The van der Waals surface area contributed by atoms with Gasteiger partial charge >= 0.3 is 5.97 Å². The second-order valence-corrected chi connectivity index (χ2v) is 6.75. The Bertz CT molecular complexity index is 992. The molecule has 0 bridgehead atoms. The Morgan fingerprint density at radius 1 is 1.03 bits per heavy atom. The molecule has 31 heavy (non-hydrogen) atoms. The third-order valence-corrected chi connectivity index (χ3v) is 4.95. The van der Waals surface area contributed by atoms with Gasteiger partial charge < -0.3 is 19.9 Å². The molecule has 2 aromatic rings. The predicted molar refractivity (Wildman–Crippen MR) is 111 cm³/mol. The molecule has 2 aromatic carbocycles. The van der Waals surface area contributed by atoms with E-state index in [1.807, 2.05) is 4.90 Å². The maximum absolute atomic E-state index is 13.1. The number of hydrogen-bond donors (Lipinski definition) is 1. The van der Waals surface area contributed by atoms with Gasteiger partial charge in [0.05, 0.1) is 23.0 Å². The molecule has 3 rings (SSSR count). The number of piperazine rings is 1. The fourth-order valence-electron chi connectivity index (χ4n) is 3.35. The highest BCUT2D eigenvalue weighted by atomic mass is 19.1. The fourth-order valence-corrected chi connectivity index (χ4v) is 3.35. The molecule has 1 heterocycles. The summed E-state index contributed by atoms with van der Waals surface area (Å²) in [4.78, 5) is 36.8. The third-order valence-electron chi connectivity index (χ3n) is 4.95. The van der Waals surface area contributed by atoms with Crippen molar-refractivity contribution in [1.29, 1.82) is 0 Å². The molecule has 1 saturated heterocycles. The molecule has 0 aromatic heterocycles. The lowest BCUT2D eigenvalue weighted by molar-refractivity contribution is -0.393. The van der Waals surface area contributed by atoms with E-state index < -0.39 is 27.2 Å². The molecular weight excluding hydrogens is 413 g/mol. The Morgan fingerprint density at radius 2 is 1.61 bits per heavy atom. The average Bonchev–Trinajstić information content (AvgIpc) is 2.77. The van der Waals surface area contributed by atoms with Gasteiger partial charge in [0.25, 0.3) is 11.4 Å². The molecular formula is C19H20FN5O6. The minimum atomic E-state index is -0.747. The lowest BCUT2D eigenvalue weighted by atomic mass is 10.1. The number of anilines is 3. The molecule has 0 aliphatic carbocycles. The van der Waals surface area contributed by atoms with Gasteiger partial charge in [-0.2, -0.15) is 0 Å². The zero-order valence-corrected chi connectivity index (χ0v) is 16.6. The van der Waals surface area contributed by atoms with Crippen LogP contribution < -0.4 is 15.1 Å². The second kappa shape index (κ2) is 9.24. The Kier molecular flexibility index (Phi) is 6.48. The smallest absolute Gasteiger partial charge is 0.325 e. The number of nitro benzene ring substituents is 2. The summed E-state index contributed by atoms with van der Waals surface area (Å²) in [6.07, 6.45) is 0. The van der Waals surface area contributed by atoms with E-state index >= 15 is 0 Å². The van der Waals surface area contributed by atoms with Gasteiger partial charge in [0.1, 0.15) is 23.7 Å². The number of carbonyl (C=O) groups excluding carboxylic acids is 1. The van der Waals surface area contributed by atoms with Gasteiger partial charge in [-0.3, -0.25) is 25.0 Å². The number of nitrogens with one attached hydrogen (secondary N) is 1. The number of rotatable bonds is 7. The monoisotopic (exact) mass is 433 g/mol. The van der Waals surface area contributed by atoms with Crippen LogP contribution in [0.5, 0.6) is 0 Å². The zero-order chi connectivity index (χ0) is 22.5. The molecule has 0 atom stereocenters. The second-order valence-electron chi connectivity index (χ2n) is 6.75. The summed E-state index contributed by atoms with van der Waals surface area (Å²) in [5, 5.41) is 25.6. The zero-order valence-electron chi connectivity index (χ0n) is 16.6. The largest absolute Gasteiger partial charge is 0.468 e. The Hall–Kier alpha value is -3.96. The van der Waals surface area contributed by atoms with E-state index in [0.29, 0.717) is 26.2 Å². The average molecular weight is 433 g/mol. The van der Waals surface area contributed by atoms with E-state index in [1.54, 1.807) is 17.0 Å². The highest BCUT2D eigenvalue weighted by Gasteiger charge is 2.29. The molecule has 11 nitrogen and oxygen atoms in total. The van der Waals surface area contributed by atoms with Crippen LogP contribution in [0.4, 0.5) is 32.8 Å². The van der Waals surface area contributed by atoms with Gasteiger partial charge in [0, 0.05) is 31.9 Å². The van der Waals surface area contributed by atoms with Crippen molar-refractivity contribution in [2.45, 2.75) is 0 Å². The molecule has 0 radical (unpaired) electrons. The molecule has 164 valence electrons. The highest BCUT2D eigenvalue weighted by molar-refractivity contribution is 5.81. The van der Waals surface area contributed by atoms with Crippen molar-refractivity contribution >= 4 is 34.4 Å². The normalized spacial score (nSPS) is 13.6. The van der Waals surface area contributed by atoms with Gasteiger partial charge in [-0.1, -0.05) is 0 Å². The number of halogens is 1. The summed E-state index contributed by atoms with van der Waals surface area (Å²) in [5.41, 5.74) is 0.119. The SMILES string of the molecule is COC(=O)CNc1cc(N2CCN(c3ccc(F)cc3)CC2)c([N+](=O)[O-])cc1[N+](=O)[O-]. The Morgan fingerprint density at radius 3 is 2.16 bits per heavy atom. The van der Waals surface area contributed by atoms with Crippen LogP contribution in [0.15, 0.2) is 36.4 Å². The van der Waals surface area contributed by atoms with Crippen molar-refractivity contribution in [3.05, 3.63) is 62.4 Å². The quantitative estimate of drug-likeness (QED) is 0.397. The van der Waals surface area contributed by atoms with Gasteiger partial charge in [0.2, 0.25) is 0 Å². The van der Waals surface area contributed by atoms with E-state index in [0.717, 1.165) is 11.8 Å². The molecule has 0 unspecified atom stereocenters. The van der Waals surface area contributed by atoms with Crippen LogP contribution in [-0.2, 0) is 9.53 Å². The predicted octanol–water partition coefficient (Wildman–Crippen LogP) is 2.55. The maximum Gasteiger partial charge on any atom is 0.325 e. The molecule has 0 saturated carbocycles. The number of esters is 1. The van der Waals surface area contributed by atoms with Crippen LogP contribution in [0.3, 0.4) is 0 Å². The standard InChI is InChI=1S/C19H20FN5O6/c1-31-19(26)12-21-15-10-17(18(25(29)30)11-16(15)24(27)28)23-8-6-22(7-9-23)14-4-2-13(20)3-5-14/h2-5,10-11,21H,6-9,12H2,1H3. The molecule has 0 spiro atoms. The van der Waals surface area contributed by atoms with E-state index in [1.165, 1.54) is 25.3 Å². The first-order chi connectivity index (χ1) is 14.8. The van der Waals surface area contributed by atoms with Crippen LogP contribution in [0, 0.1) is 26.0 Å². The summed E-state index contributed by atoms with van der Waals surface area (Å²) in [6, 6.07) is 8.25. The lowest BCUT2D eigenvalue weighted by Crippen LogP contribution is -2.46. The number of ether oxygens (including phenoxy) is 1. The van der Waals surface area contributed by atoms with Crippen molar-refractivity contribution in [2.24, 2.45) is 0 Å². The maximum atomic E-state index is 13.1. The van der Waals surface area contributed by atoms with E-state index in [4.69, 9.17) is 0 Å².